The minimum absolute atomic E-state index is 0.225. The number of benzene rings is 1. The van der Waals surface area contributed by atoms with Gasteiger partial charge in [-0.1, -0.05) is 184 Å². The van der Waals surface area contributed by atoms with Crippen molar-refractivity contribution in [2.45, 2.75) is 212 Å². The normalized spacial score (nSPS) is 12.6. The van der Waals surface area contributed by atoms with Gasteiger partial charge in [0.1, 0.15) is 5.54 Å². The molecule has 0 unspecified atom stereocenters. The molecule has 0 amide bonds. The Labute approximate surface area is 297 Å². The summed E-state index contributed by atoms with van der Waals surface area (Å²) in [6.07, 6.45) is 51.1. The third-order valence-corrected chi connectivity index (χ3v) is 10.8. The van der Waals surface area contributed by atoms with Gasteiger partial charge in [-0.05, 0) is 64.2 Å². The second-order valence-electron chi connectivity index (χ2n) is 15.8. The Hall–Kier alpha value is -1.34. The summed E-state index contributed by atoms with van der Waals surface area (Å²) >= 11 is 0. The van der Waals surface area contributed by atoms with Crippen molar-refractivity contribution < 1.29 is 4.48 Å². The smallest absolute Gasteiger partial charge is 0.124 e. The van der Waals surface area contributed by atoms with E-state index < -0.39 is 0 Å². The van der Waals surface area contributed by atoms with Crippen molar-refractivity contribution in [1.82, 2.24) is 0 Å². The minimum Gasteiger partial charge on any atom is -0.322 e. The number of unbranched alkanes of at least 4 members (excludes halogenated alkanes) is 24. The molecule has 0 aromatic heterocycles. The van der Waals surface area contributed by atoms with Gasteiger partial charge in [-0.2, -0.15) is 0 Å². The first-order chi connectivity index (χ1) is 23.0. The van der Waals surface area contributed by atoms with Gasteiger partial charge in [-0.15, -0.1) is 0 Å². The van der Waals surface area contributed by atoms with Crippen LogP contribution in [0.5, 0.6) is 0 Å². The van der Waals surface area contributed by atoms with Crippen molar-refractivity contribution in [3.63, 3.8) is 0 Å². The highest BCUT2D eigenvalue weighted by Crippen LogP contribution is 2.41. The van der Waals surface area contributed by atoms with Gasteiger partial charge in [-0.3, -0.25) is 0 Å². The van der Waals surface area contributed by atoms with E-state index in [4.69, 9.17) is 0 Å². The van der Waals surface area contributed by atoms with Crippen LogP contribution in [0, 0.1) is 0 Å². The van der Waals surface area contributed by atoms with Crippen molar-refractivity contribution in [2.24, 2.45) is 0 Å². The first kappa shape index (κ1) is 43.7. The molecule has 0 saturated heterocycles. The van der Waals surface area contributed by atoms with Gasteiger partial charge >= 0.3 is 0 Å². The maximum Gasteiger partial charge on any atom is 0.124 e. The van der Waals surface area contributed by atoms with E-state index in [9.17, 15) is 0 Å². The van der Waals surface area contributed by atoms with Crippen LogP contribution in [0.4, 0.5) is 0 Å². The van der Waals surface area contributed by atoms with Crippen molar-refractivity contribution >= 4 is 0 Å². The molecule has 1 rings (SSSR count). The highest BCUT2D eigenvalue weighted by Gasteiger charge is 2.43. The molecule has 0 aliphatic heterocycles. The minimum atomic E-state index is 0.225. The summed E-state index contributed by atoms with van der Waals surface area (Å²) in [4.78, 5) is 0. The van der Waals surface area contributed by atoms with Crippen LogP contribution in [0.15, 0.2) is 54.6 Å². The van der Waals surface area contributed by atoms with E-state index in [-0.39, 0.29) is 5.54 Å². The first-order valence-electron chi connectivity index (χ1n) is 21.1. The molecule has 0 saturated carbocycles. The summed E-state index contributed by atoms with van der Waals surface area (Å²) in [5, 5.41) is 0. The fourth-order valence-corrected chi connectivity index (χ4v) is 7.55. The molecule has 0 aliphatic rings. The van der Waals surface area contributed by atoms with Crippen LogP contribution in [0.3, 0.4) is 0 Å². The third kappa shape index (κ3) is 22.8. The van der Waals surface area contributed by atoms with Gasteiger partial charge in [0, 0.05) is 18.4 Å². The predicted molar refractivity (Wildman–Crippen MR) is 214 cm³/mol. The molecular weight excluding hydrogens is 567 g/mol. The molecular formula is C46H84N+. The summed E-state index contributed by atoms with van der Waals surface area (Å²) in [5.74, 6) is 0. The average Bonchev–Trinajstić information content (AvgIpc) is 3.06. The molecule has 272 valence electrons. The molecule has 0 spiro atoms. The van der Waals surface area contributed by atoms with E-state index in [1.165, 1.54) is 193 Å². The number of quaternary nitrogens is 1. The Morgan fingerprint density at radius 2 is 0.702 bits per heavy atom. The zero-order valence-electron chi connectivity index (χ0n) is 32.9. The van der Waals surface area contributed by atoms with E-state index in [1.807, 2.05) is 0 Å². The lowest BCUT2D eigenvalue weighted by molar-refractivity contribution is -0.933. The second-order valence-corrected chi connectivity index (χ2v) is 15.8. The van der Waals surface area contributed by atoms with E-state index in [0.29, 0.717) is 0 Å². The molecule has 1 aromatic rings. The average molecular weight is 651 g/mol. The summed E-state index contributed by atoms with van der Waals surface area (Å²) < 4.78 is 1.03. The highest BCUT2D eigenvalue weighted by molar-refractivity contribution is 5.22. The Morgan fingerprint density at radius 1 is 0.404 bits per heavy atom. The van der Waals surface area contributed by atoms with E-state index in [1.54, 1.807) is 5.56 Å². The van der Waals surface area contributed by atoms with Crippen molar-refractivity contribution in [3.05, 3.63) is 60.2 Å². The molecule has 1 nitrogen and oxygen atoms in total. The second kappa shape index (κ2) is 30.7. The van der Waals surface area contributed by atoms with E-state index in [2.05, 4.69) is 89.6 Å². The molecule has 0 N–H and O–H groups in total. The molecule has 0 fully saturated rings. The summed E-state index contributed by atoms with van der Waals surface area (Å²) in [6.45, 7) is 4.60. The van der Waals surface area contributed by atoms with E-state index in [0.717, 1.165) is 4.48 Å². The topological polar surface area (TPSA) is 0 Å². The quantitative estimate of drug-likeness (QED) is 0.0395. The third-order valence-electron chi connectivity index (χ3n) is 10.8. The maximum atomic E-state index is 2.46. The monoisotopic (exact) mass is 651 g/mol. The van der Waals surface area contributed by atoms with Crippen LogP contribution in [0.2, 0.25) is 0 Å². The zero-order valence-corrected chi connectivity index (χ0v) is 32.9. The van der Waals surface area contributed by atoms with Crippen molar-refractivity contribution in [2.75, 3.05) is 21.1 Å². The molecule has 1 heteroatoms. The van der Waals surface area contributed by atoms with Crippen LogP contribution in [-0.4, -0.2) is 25.6 Å². The number of hydrogen-bond donors (Lipinski definition) is 0. The largest absolute Gasteiger partial charge is 0.322 e. The van der Waals surface area contributed by atoms with Gasteiger partial charge in [0.2, 0.25) is 0 Å². The van der Waals surface area contributed by atoms with Gasteiger partial charge < -0.3 is 4.48 Å². The Morgan fingerprint density at radius 3 is 1.02 bits per heavy atom. The van der Waals surface area contributed by atoms with Crippen LogP contribution in [0.25, 0.3) is 0 Å². The summed E-state index contributed by atoms with van der Waals surface area (Å²) in [6, 6.07) is 11.6. The molecule has 0 atom stereocenters. The van der Waals surface area contributed by atoms with Crippen LogP contribution < -0.4 is 0 Å². The van der Waals surface area contributed by atoms with Crippen molar-refractivity contribution in [3.8, 4) is 0 Å². The first-order valence-corrected chi connectivity index (χ1v) is 21.1. The van der Waals surface area contributed by atoms with E-state index >= 15 is 0 Å². The Bertz CT molecular complexity index is 786. The number of rotatable bonds is 34. The predicted octanol–water partition coefficient (Wildman–Crippen LogP) is 15.4. The summed E-state index contributed by atoms with van der Waals surface area (Å²) in [5.41, 5.74) is 1.79. The van der Waals surface area contributed by atoms with Gasteiger partial charge in [0.05, 0.1) is 21.1 Å². The maximum absolute atomic E-state index is 2.46. The van der Waals surface area contributed by atoms with Crippen LogP contribution >= 0.6 is 0 Å². The van der Waals surface area contributed by atoms with Gasteiger partial charge in [-0.25, -0.2) is 0 Å². The number of allylic oxidation sites excluding steroid dienone is 4. The fourth-order valence-electron chi connectivity index (χ4n) is 7.55. The molecule has 0 bridgehead atoms. The highest BCUT2D eigenvalue weighted by atomic mass is 15.3. The van der Waals surface area contributed by atoms with Crippen molar-refractivity contribution in [1.29, 1.82) is 0 Å². The SMILES string of the molecule is CCCCCCCC/C=C\CCCCCCCCC(CCCCCCCC/C=C\CCCCCCCC)(c1ccccc1)[N+](C)(C)C. The lowest BCUT2D eigenvalue weighted by Gasteiger charge is -2.47. The van der Waals surface area contributed by atoms with Crippen LogP contribution in [-0.2, 0) is 5.54 Å². The lowest BCUT2D eigenvalue weighted by atomic mass is 9.77. The molecule has 0 aliphatic carbocycles. The molecule has 0 heterocycles. The number of nitrogens with zero attached hydrogens (tertiary/aromatic N) is 1. The zero-order chi connectivity index (χ0) is 34.2. The molecule has 47 heavy (non-hydrogen) atoms. The van der Waals surface area contributed by atoms with Crippen LogP contribution in [0.1, 0.15) is 212 Å². The Balaban J connectivity index is 2.29. The standard InChI is InChI=1S/C46H84N/c1-6-8-10-12-14-16-18-20-22-24-26-28-30-32-34-39-43-46(47(3,4)5,45-41-37-36-38-42-45)44-40-35-33-31-29-27-25-23-21-19-17-15-13-11-9-7-2/h20-23,36-38,41-42H,6-19,24-35,39-40,43-44H2,1-5H3/q+1/b22-20-,23-21-. The Kier molecular flexibility index (Phi) is 28.5. The number of hydrogen-bond acceptors (Lipinski definition) is 0. The molecule has 0 radical (unpaired) electrons. The fraction of sp³-hybridized carbons (Fsp3) is 0.783. The van der Waals surface area contributed by atoms with Gasteiger partial charge in [0.25, 0.3) is 0 Å². The lowest BCUT2D eigenvalue weighted by Crippen LogP contribution is -2.54. The molecule has 1 aromatic carbocycles. The summed E-state index contributed by atoms with van der Waals surface area (Å²) in [7, 11) is 7.35. The van der Waals surface area contributed by atoms with Gasteiger partial charge in [0.15, 0.2) is 0 Å².